The smallest absolute Gasteiger partial charge is 0.394 e. The average molecular weight is 479 g/mol. The highest BCUT2D eigenvalue weighted by Gasteiger charge is 2.44. The summed E-state index contributed by atoms with van der Waals surface area (Å²) < 4.78 is 42.2. The van der Waals surface area contributed by atoms with E-state index in [0.717, 1.165) is 0 Å². The lowest BCUT2D eigenvalue weighted by Crippen LogP contribution is -2.33. The molecule has 17 nitrogen and oxygen atoms in total. The van der Waals surface area contributed by atoms with Crippen molar-refractivity contribution in [3.63, 3.8) is 0 Å². The second-order valence-corrected chi connectivity index (χ2v) is 8.32. The molecule has 5 atom stereocenters. The Balaban J connectivity index is 0.000000274. The van der Waals surface area contributed by atoms with Crippen LogP contribution in [0.1, 0.15) is 6.23 Å². The number of hydrogen-bond donors (Lipinski definition) is 8. The van der Waals surface area contributed by atoms with E-state index in [9.17, 15) is 28.7 Å². The van der Waals surface area contributed by atoms with Gasteiger partial charge in [0, 0.05) is 0 Å². The number of imidazole rings is 1. The Bertz CT molecular complexity index is 1040. The third-order valence-corrected chi connectivity index (χ3v) is 5.39. The minimum absolute atomic E-state index is 0.0388. The van der Waals surface area contributed by atoms with E-state index in [1.807, 2.05) is 0 Å². The summed E-state index contributed by atoms with van der Waals surface area (Å²) in [6.07, 6.45) is -3.21. The molecule has 30 heavy (non-hydrogen) atoms. The van der Waals surface area contributed by atoms with Gasteiger partial charge in [0.25, 0.3) is 5.56 Å². The highest BCUT2D eigenvalue weighted by atomic mass is 31.3. The lowest BCUT2D eigenvalue weighted by Gasteiger charge is -2.16. The molecule has 3 heterocycles. The number of aliphatic hydroxyl groups excluding tert-OH is 3. The molecule has 1 fully saturated rings. The Morgan fingerprint density at radius 2 is 1.93 bits per heavy atom. The average Bonchev–Trinajstić information content (AvgIpc) is 3.15. The van der Waals surface area contributed by atoms with Gasteiger partial charge in [0.2, 0.25) is 5.95 Å². The molecule has 170 valence electrons. The molecule has 2 aromatic rings. The van der Waals surface area contributed by atoms with E-state index in [0.29, 0.717) is 0 Å². The lowest BCUT2D eigenvalue weighted by molar-refractivity contribution is -0.0511. The molecule has 9 N–H and O–H groups in total. The molecule has 2 aromatic heterocycles. The minimum atomic E-state index is -5.22. The first-order valence-corrected chi connectivity index (χ1v) is 10.6. The number of nitrogens with two attached hydrogens (primary N) is 1. The van der Waals surface area contributed by atoms with Crippen molar-refractivity contribution in [2.75, 3.05) is 12.3 Å². The molecule has 1 unspecified atom stereocenters. The van der Waals surface area contributed by atoms with Crippen LogP contribution in [0.15, 0.2) is 11.1 Å². The quantitative estimate of drug-likeness (QED) is 0.204. The number of halogens is 1. The number of nitrogen functional groups attached to an aromatic ring is 1. The number of aliphatic hydroxyl groups is 3. The van der Waals surface area contributed by atoms with Crippen molar-refractivity contribution >= 4 is 32.8 Å². The first-order chi connectivity index (χ1) is 13.8. The van der Waals surface area contributed by atoms with Gasteiger partial charge in [-0.1, -0.05) is 4.73 Å². The molecular formula is C10H16FN5O12P2. The monoisotopic (exact) mass is 479 g/mol. The summed E-state index contributed by atoms with van der Waals surface area (Å²) in [6, 6.07) is 0. The molecule has 0 amide bonds. The van der Waals surface area contributed by atoms with Gasteiger partial charge in [0.05, 0.1) is 12.9 Å². The Labute approximate surface area is 164 Å². The fraction of sp³-hybridized carbons (Fsp3) is 0.500. The van der Waals surface area contributed by atoms with Crippen molar-refractivity contribution in [3.8, 4) is 0 Å². The summed E-state index contributed by atoms with van der Waals surface area (Å²) in [6.45, 7) is -0.447. The molecule has 0 aromatic carbocycles. The number of fused-ring (bicyclic) bond motifs is 1. The van der Waals surface area contributed by atoms with Crippen LogP contribution in [0.2, 0.25) is 0 Å². The first-order valence-electron chi connectivity index (χ1n) is 7.54. The van der Waals surface area contributed by atoms with E-state index >= 15 is 0 Å². The van der Waals surface area contributed by atoms with Crippen LogP contribution in [0, 0.1) is 0 Å². The van der Waals surface area contributed by atoms with Crippen molar-refractivity contribution in [2.45, 2.75) is 24.5 Å². The Morgan fingerprint density at radius 3 is 2.40 bits per heavy atom. The van der Waals surface area contributed by atoms with Crippen molar-refractivity contribution in [1.82, 2.24) is 19.5 Å². The number of rotatable bonds is 5. The van der Waals surface area contributed by atoms with Crippen molar-refractivity contribution in [2.24, 2.45) is 0 Å². The van der Waals surface area contributed by atoms with Gasteiger partial charge < -0.3 is 40.5 Å². The zero-order chi connectivity index (χ0) is 22.9. The minimum Gasteiger partial charge on any atom is -0.394 e. The van der Waals surface area contributed by atoms with Crippen LogP contribution in [0.5, 0.6) is 0 Å². The third-order valence-electron chi connectivity index (χ3n) is 3.54. The molecule has 0 spiro atoms. The van der Waals surface area contributed by atoms with Gasteiger partial charge in [-0.15, -0.1) is 0 Å². The van der Waals surface area contributed by atoms with E-state index in [-0.39, 0.29) is 17.1 Å². The maximum atomic E-state index is 11.7. The van der Waals surface area contributed by atoms with Gasteiger partial charge in [-0.05, 0) is 4.53 Å². The number of H-pyrrole nitrogens is 1. The zero-order valence-electron chi connectivity index (χ0n) is 14.4. The van der Waals surface area contributed by atoms with E-state index < -0.39 is 52.4 Å². The fourth-order valence-electron chi connectivity index (χ4n) is 2.39. The van der Waals surface area contributed by atoms with Crippen LogP contribution < -0.4 is 11.3 Å². The summed E-state index contributed by atoms with van der Waals surface area (Å²) in [5.74, 6) is -0.101. The molecule has 1 aliphatic rings. The van der Waals surface area contributed by atoms with Gasteiger partial charge in [-0.2, -0.15) is 9.29 Å². The van der Waals surface area contributed by atoms with Gasteiger partial charge in [-0.3, -0.25) is 14.3 Å². The Hall–Kier alpha value is -1.82. The van der Waals surface area contributed by atoms with Crippen LogP contribution >= 0.6 is 15.6 Å². The number of anilines is 1. The van der Waals surface area contributed by atoms with E-state index in [4.69, 9.17) is 30.3 Å². The lowest BCUT2D eigenvalue weighted by atomic mass is 10.1. The predicted octanol–water partition coefficient (Wildman–Crippen LogP) is -2.59. The van der Waals surface area contributed by atoms with E-state index in [2.05, 4.69) is 24.0 Å². The largest absolute Gasteiger partial charge is 0.512 e. The SMILES string of the molecule is Nc1nc2c(ncn2[C@@H]2O[C@H](CO)[C@@H](O)[C@H]2O)c(=O)[nH]1.O=P(O)(O)OP(=O)(O)OF. The molecule has 0 aliphatic carbocycles. The summed E-state index contributed by atoms with van der Waals surface area (Å²) >= 11 is 0. The topological polar surface area (TPSA) is 273 Å². The standard InChI is InChI=1S/C10H13N5O5.FH3O7P2/c11-10-13-7-4(8(19)14-10)12-2-15(7)9-6(18)5(17)3(1-16)20-9;1-7-10(5,6)8-9(2,3)4/h2-3,5-6,9,16-18H,1H2,(H3,11,13,14,19);(H,5,6)(H2,2,3,4)/t3-,5-,6-,9-;/m1./s1. The van der Waals surface area contributed by atoms with Crippen LogP contribution in [0.25, 0.3) is 11.2 Å². The summed E-state index contributed by atoms with van der Waals surface area (Å²) in [4.78, 5) is 45.3. The second-order valence-electron chi connectivity index (χ2n) is 5.61. The van der Waals surface area contributed by atoms with Gasteiger partial charge in [-0.25, -0.2) is 14.1 Å². The number of hydrogen-bond acceptors (Lipinski definition) is 12. The number of phosphoric acid groups is 2. The number of nitrogens with one attached hydrogen (secondary N) is 1. The summed E-state index contributed by atoms with van der Waals surface area (Å²) in [5.41, 5.74) is 5.12. The zero-order valence-corrected chi connectivity index (χ0v) is 16.2. The highest BCUT2D eigenvalue weighted by Crippen LogP contribution is 2.57. The summed E-state index contributed by atoms with van der Waals surface area (Å²) in [5, 5.41) is 28.7. The fourth-order valence-corrected chi connectivity index (χ4v) is 3.56. The predicted molar refractivity (Wildman–Crippen MR) is 90.7 cm³/mol. The Morgan fingerprint density at radius 1 is 1.30 bits per heavy atom. The van der Waals surface area contributed by atoms with Crippen LogP contribution in [0.4, 0.5) is 10.5 Å². The second kappa shape index (κ2) is 9.13. The number of aromatic amines is 1. The summed E-state index contributed by atoms with van der Waals surface area (Å²) in [7, 11) is -10.4. The van der Waals surface area contributed by atoms with Crippen molar-refractivity contribution < 1.29 is 57.4 Å². The molecular weight excluding hydrogens is 463 g/mol. The molecule has 3 rings (SSSR count). The number of aromatic nitrogens is 4. The molecule has 0 radical (unpaired) electrons. The molecule has 1 saturated heterocycles. The Kier molecular flexibility index (Phi) is 7.44. The van der Waals surface area contributed by atoms with Crippen molar-refractivity contribution in [3.05, 3.63) is 16.7 Å². The number of ether oxygens (including phenoxy) is 1. The third kappa shape index (κ3) is 5.65. The van der Waals surface area contributed by atoms with Crippen molar-refractivity contribution in [1.29, 1.82) is 0 Å². The molecule has 0 saturated carbocycles. The molecule has 0 bridgehead atoms. The van der Waals surface area contributed by atoms with Crippen LogP contribution in [-0.2, 0) is 22.9 Å². The maximum Gasteiger partial charge on any atom is 0.512 e. The van der Waals surface area contributed by atoms with Gasteiger partial charge in [0.1, 0.15) is 18.3 Å². The molecule has 20 heteroatoms. The normalized spacial score (nSPS) is 26.2. The number of nitrogens with zero attached hydrogens (tertiary/aromatic N) is 3. The van der Waals surface area contributed by atoms with E-state index in [1.165, 1.54) is 10.9 Å². The van der Waals surface area contributed by atoms with Gasteiger partial charge in [0.15, 0.2) is 17.4 Å². The van der Waals surface area contributed by atoms with Crippen LogP contribution in [0.3, 0.4) is 0 Å². The van der Waals surface area contributed by atoms with Gasteiger partial charge >= 0.3 is 15.6 Å². The molecule has 1 aliphatic heterocycles. The first kappa shape index (κ1) is 24.4. The highest BCUT2D eigenvalue weighted by molar-refractivity contribution is 7.60. The van der Waals surface area contributed by atoms with E-state index in [1.54, 1.807) is 0 Å². The maximum absolute atomic E-state index is 11.7. The van der Waals surface area contributed by atoms with Crippen LogP contribution in [-0.4, -0.2) is 74.4 Å².